The number of carboxylic acid groups (broad SMARTS) is 1. The van der Waals surface area contributed by atoms with Gasteiger partial charge in [0.25, 0.3) is 5.91 Å². The lowest BCUT2D eigenvalue weighted by Gasteiger charge is -2.30. The second kappa shape index (κ2) is 6.14. The predicted octanol–water partition coefficient (Wildman–Crippen LogP) is 2.38. The Morgan fingerprint density at radius 3 is 2.79 bits per heavy atom. The number of rotatable bonds is 4. The molecule has 2 N–H and O–H groups in total. The zero-order chi connectivity index (χ0) is 13.8. The van der Waals surface area contributed by atoms with Gasteiger partial charge in [0.05, 0.1) is 5.56 Å². The Labute approximate surface area is 115 Å². The van der Waals surface area contributed by atoms with Gasteiger partial charge in [-0.3, -0.25) is 4.79 Å². The van der Waals surface area contributed by atoms with Crippen molar-refractivity contribution < 1.29 is 19.1 Å². The zero-order valence-electron chi connectivity index (χ0n) is 10.7. The molecule has 1 fully saturated rings. The molecule has 19 heavy (non-hydrogen) atoms. The van der Waals surface area contributed by atoms with Gasteiger partial charge in [-0.05, 0) is 19.1 Å². The summed E-state index contributed by atoms with van der Waals surface area (Å²) in [4.78, 5) is 22.7. The van der Waals surface area contributed by atoms with Gasteiger partial charge in [0.1, 0.15) is 6.26 Å². The number of hydrogen-bond acceptors (Lipinski definition) is 4. The molecule has 1 aliphatic carbocycles. The van der Waals surface area contributed by atoms with Crippen LogP contribution in [0.1, 0.15) is 46.6 Å². The van der Waals surface area contributed by atoms with E-state index in [1.807, 2.05) is 6.26 Å². The van der Waals surface area contributed by atoms with Gasteiger partial charge in [0, 0.05) is 17.4 Å². The standard InChI is InChI=1S/C13H17NO4S/c1-19-11-5-3-2-4-9(11)14-12(15)10-6-8(7-18-10)13(16)17/h6-7,9,11H,2-5H2,1H3,(H,14,15)(H,16,17). The van der Waals surface area contributed by atoms with Gasteiger partial charge in [-0.1, -0.05) is 12.8 Å². The molecule has 104 valence electrons. The van der Waals surface area contributed by atoms with Crippen LogP contribution in [0.2, 0.25) is 0 Å². The molecule has 5 nitrogen and oxygen atoms in total. The topological polar surface area (TPSA) is 79.5 Å². The number of aromatic carboxylic acids is 1. The minimum atomic E-state index is -1.09. The highest BCUT2D eigenvalue weighted by Crippen LogP contribution is 2.27. The van der Waals surface area contributed by atoms with Crippen LogP contribution in [-0.2, 0) is 0 Å². The molecule has 0 spiro atoms. The molecule has 0 bridgehead atoms. The van der Waals surface area contributed by atoms with E-state index in [9.17, 15) is 9.59 Å². The number of furan rings is 1. The first kappa shape index (κ1) is 14.0. The Bertz CT molecular complexity index is 471. The number of hydrogen-bond donors (Lipinski definition) is 2. The average Bonchev–Trinajstić information content (AvgIpc) is 2.89. The van der Waals surface area contributed by atoms with Crippen molar-refractivity contribution in [2.75, 3.05) is 6.26 Å². The molecule has 0 radical (unpaired) electrons. The second-order valence-corrected chi connectivity index (χ2v) is 5.72. The number of nitrogens with one attached hydrogen (secondary N) is 1. The van der Waals surface area contributed by atoms with Crippen LogP contribution >= 0.6 is 11.8 Å². The highest BCUT2D eigenvalue weighted by atomic mass is 32.2. The molecule has 1 aromatic heterocycles. The summed E-state index contributed by atoms with van der Waals surface area (Å²) in [5.41, 5.74) is -0.00443. The van der Waals surface area contributed by atoms with Gasteiger partial charge in [-0.2, -0.15) is 11.8 Å². The Morgan fingerprint density at radius 1 is 1.42 bits per heavy atom. The van der Waals surface area contributed by atoms with Crippen LogP contribution in [0.3, 0.4) is 0 Å². The van der Waals surface area contributed by atoms with Crippen LogP contribution in [0.15, 0.2) is 16.7 Å². The molecule has 0 aromatic carbocycles. The Morgan fingerprint density at radius 2 is 2.16 bits per heavy atom. The highest BCUT2D eigenvalue weighted by Gasteiger charge is 2.27. The summed E-state index contributed by atoms with van der Waals surface area (Å²) in [6.45, 7) is 0. The first-order valence-corrected chi connectivity index (χ1v) is 7.56. The molecule has 2 unspecified atom stereocenters. The Kier molecular flexibility index (Phi) is 4.52. The number of carbonyl (C=O) groups excluding carboxylic acids is 1. The monoisotopic (exact) mass is 283 g/mol. The summed E-state index contributed by atoms with van der Waals surface area (Å²) in [5.74, 6) is -1.37. The zero-order valence-corrected chi connectivity index (χ0v) is 11.5. The van der Waals surface area contributed by atoms with Crippen molar-refractivity contribution in [2.45, 2.75) is 37.0 Å². The molecule has 1 aliphatic rings. The van der Waals surface area contributed by atoms with Crippen LogP contribution < -0.4 is 5.32 Å². The maximum absolute atomic E-state index is 12.0. The van der Waals surface area contributed by atoms with Crippen LogP contribution in [0.4, 0.5) is 0 Å². The summed E-state index contributed by atoms with van der Waals surface area (Å²) in [5, 5.41) is 12.2. The average molecular weight is 283 g/mol. The maximum Gasteiger partial charge on any atom is 0.338 e. The van der Waals surface area contributed by atoms with Gasteiger partial charge in [0.15, 0.2) is 5.76 Å². The van der Waals surface area contributed by atoms with E-state index in [0.29, 0.717) is 5.25 Å². The van der Waals surface area contributed by atoms with Crippen molar-refractivity contribution >= 4 is 23.6 Å². The van der Waals surface area contributed by atoms with Crippen molar-refractivity contribution in [2.24, 2.45) is 0 Å². The first-order chi connectivity index (χ1) is 9.11. The summed E-state index contributed by atoms with van der Waals surface area (Å²) in [6.07, 6.45) is 7.51. The molecule has 1 aromatic rings. The molecule has 6 heteroatoms. The largest absolute Gasteiger partial charge is 0.478 e. The van der Waals surface area contributed by atoms with Gasteiger partial charge in [0.2, 0.25) is 0 Å². The third kappa shape index (κ3) is 3.32. The van der Waals surface area contributed by atoms with E-state index in [1.54, 1.807) is 11.8 Å². The minimum Gasteiger partial charge on any atom is -0.478 e. The smallest absolute Gasteiger partial charge is 0.338 e. The van der Waals surface area contributed by atoms with E-state index in [4.69, 9.17) is 9.52 Å². The Balaban J connectivity index is 2.01. The van der Waals surface area contributed by atoms with Crippen LogP contribution in [-0.4, -0.2) is 34.5 Å². The lowest BCUT2D eigenvalue weighted by atomic mass is 9.95. The van der Waals surface area contributed by atoms with E-state index in [0.717, 1.165) is 25.5 Å². The first-order valence-electron chi connectivity index (χ1n) is 6.27. The summed E-state index contributed by atoms with van der Waals surface area (Å²) in [6, 6.07) is 1.39. The normalized spacial score (nSPS) is 23.0. The molecule has 0 aliphatic heterocycles. The second-order valence-electron chi connectivity index (χ2n) is 4.64. The molecule has 0 saturated heterocycles. The number of thioether (sulfide) groups is 1. The lowest BCUT2D eigenvalue weighted by molar-refractivity contribution is 0.0695. The summed E-state index contributed by atoms with van der Waals surface area (Å²) in [7, 11) is 0. The van der Waals surface area contributed by atoms with Crippen molar-refractivity contribution in [1.82, 2.24) is 5.32 Å². The molecular weight excluding hydrogens is 266 g/mol. The maximum atomic E-state index is 12.0. The third-order valence-corrected chi connectivity index (χ3v) is 4.56. The molecular formula is C13H17NO4S. The summed E-state index contributed by atoms with van der Waals surface area (Å²) < 4.78 is 5.00. The lowest BCUT2D eigenvalue weighted by Crippen LogP contribution is -2.43. The van der Waals surface area contributed by atoms with Crippen molar-refractivity contribution in [3.8, 4) is 0 Å². The molecule has 2 rings (SSSR count). The SMILES string of the molecule is CSC1CCCCC1NC(=O)c1cc(C(=O)O)co1. The number of carboxylic acids is 1. The van der Waals surface area contributed by atoms with E-state index in [2.05, 4.69) is 5.32 Å². The fourth-order valence-corrected chi connectivity index (χ4v) is 3.29. The minimum absolute atomic E-state index is 0.00443. The molecule has 2 atom stereocenters. The quantitative estimate of drug-likeness (QED) is 0.887. The predicted molar refractivity (Wildman–Crippen MR) is 72.7 cm³/mol. The Hall–Kier alpha value is -1.43. The van der Waals surface area contributed by atoms with Gasteiger partial charge < -0.3 is 14.8 Å². The fourth-order valence-electron chi connectivity index (χ4n) is 2.35. The van der Waals surface area contributed by atoms with Crippen LogP contribution in [0.25, 0.3) is 0 Å². The molecule has 1 saturated carbocycles. The van der Waals surface area contributed by atoms with Crippen molar-refractivity contribution in [3.05, 3.63) is 23.7 Å². The number of carbonyl (C=O) groups is 2. The van der Waals surface area contributed by atoms with E-state index in [1.165, 1.54) is 12.5 Å². The van der Waals surface area contributed by atoms with Gasteiger partial charge in [-0.25, -0.2) is 4.79 Å². The number of amides is 1. The van der Waals surface area contributed by atoms with Gasteiger partial charge in [-0.15, -0.1) is 0 Å². The van der Waals surface area contributed by atoms with Crippen molar-refractivity contribution in [3.63, 3.8) is 0 Å². The van der Waals surface area contributed by atoms with E-state index >= 15 is 0 Å². The summed E-state index contributed by atoms with van der Waals surface area (Å²) >= 11 is 1.76. The highest BCUT2D eigenvalue weighted by molar-refractivity contribution is 7.99. The van der Waals surface area contributed by atoms with Crippen molar-refractivity contribution in [1.29, 1.82) is 0 Å². The molecule has 1 amide bonds. The van der Waals surface area contributed by atoms with Crippen LogP contribution in [0.5, 0.6) is 0 Å². The fraction of sp³-hybridized carbons (Fsp3) is 0.538. The van der Waals surface area contributed by atoms with E-state index in [-0.39, 0.29) is 23.3 Å². The van der Waals surface area contributed by atoms with Gasteiger partial charge >= 0.3 is 5.97 Å². The molecule has 1 heterocycles. The van der Waals surface area contributed by atoms with E-state index < -0.39 is 5.97 Å². The van der Waals surface area contributed by atoms with Crippen LogP contribution in [0, 0.1) is 0 Å². The third-order valence-electron chi connectivity index (χ3n) is 3.39.